The van der Waals surface area contributed by atoms with Gasteiger partial charge in [0, 0.05) is 6.04 Å². The van der Waals surface area contributed by atoms with Crippen molar-refractivity contribution in [2.24, 2.45) is 0 Å². The van der Waals surface area contributed by atoms with Crippen molar-refractivity contribution in [3.63, 3.8) is 0 Å². The Balaban J connectivity index is 2.71. The van der Waals surface area contributed by atoms with Gasteiger partial charge in [-0.1, -0.05) is 19.1 Å². The highest BCUT2D eigenvalue weighted by Crippen LogP contribution is 2.20. The summed E-state index contributed by atoms with van der Waals surface area (Å²) in [4.78, 5) is 22.6. The van der Waals surface area contributed by atoms with Gasteiger partial charge in [-0.3, -0.25) is 9.59 Å². The third-order valence-electron chi connectivity index (χ3n) is 2.87. The first kappa shape index (κ1) is 15.1. The van der Waals surface area contributed by atoms with Crippen molar-refractivity contribution in [3.8, 4) is 0 Å². The van der Waals surface area contributed by atoms with Gasteiger partial charge in [-0.05, 0) is 31.0 Å². The van der Waals surface area contributed by atoms with Crippen LogP contribution in [0.5, 0.6) is 0 Å². The van der Waals surface area contributed by atoms with Gasteiger partial charge in [0.25, 0.3) is 0 Å². The molecule has 1 aromatic carbocycles. The van der Waals surface area contributed by atoms with Crippen LogP contribution in [0.25, 0.3) is 0 Å². The molecule has 2 unspecified atom stereocenters. The number of carbonyl (C=O) groups excluding carboxylic acids is 1. The second-order valence-corrected chi connectivity index (χ2v) is 4.52. The molecule has 0 saturated carbocycles. The average Bonchev–Trinajstić information content (AvgIpc) is 2.31. The number of halogens is 1. The number of carboxylic acid groups (broad SMARTS) is 1. The molecule has 2 N–H and O–H groups in total. The second kappa shape index (κ2) is 6.87. The van der Waals surface area contributed by atoms with Gasteiger partial charge in [0.15, 0.2) is 0 Å². The summed E-state index contributed by atoms with van der Waals surface area (Å²) in [6, 6.07) is 5.34. The summed E-state index contributed by atoms with van der Waals surface area (Å²) < 4.78 is 12.8. The zero-order valence-electron chi connectivity index (χ0n) is 11.0. The van der Waals surface area contributed by atoms with Gasteiger partial charge in [0.05, 0.1) is 12.3 Å². The number of hydrogen-bond acceptors (Lipinski definition) is 2. The maximum atomic E-state index is 12.8. The fraction of sp³-hybridized carbons (Fsp3) is 0.429. The first-order chi connectivity index (χ1) is 8.93. The molecule has 2 atom stereocenters. The van der Waals surface area contributed by atoms with Crippen LogP contribution in [-0.2, 0) is 9.59 Å². The van der Waals surface area contributed by atoms with Crippen molar-refractivity contribution in [2.75, 3.05) is 0 Å². The summed E-state index contributed by atoms with van der Waals surface area (Å²) >= 11 is 0. The Bertz CT molecular complexity index is 445. The highest BCUT2D eigenvalue weighted by Gasteiger charge is 2.21. The summed E-state index contributed by atoms with van der Waals surface area (Å²) in [5.74, 6) is -1.93. The molecule has 19 heavy (non-hydrogen) atoms. The lowest BCUT2D eigenvalue weighted by atomic mass is 9.95. The number of carboxylic acids is 1. The highest BCUT2D eigenvalue weighted by atomic mass is 19.1. The lowest BCUT2D eigenvalue weighted by Gasteiger charge is -2.18. The van der Waals surface area contributed by atoms with Crippen LogP contribution >= 0.6 is 0 Å². The van der Waals surface area contributed by atoms with E-state index in [4.69, 9.17) is 5.11 Å². The highest BCUT2D eigenvalue weighted by molar-refractivity contribution is 5.84. The summed E-state index contributed by atoms with van der Waals surface area (Å²) in [6.45, 7) is 3.50. The van der Waals surface area contributed by atoms with Crippen LogP contribution in [0.2, 0.25) is 0 Å². The van der Waals surface area contributed by atoms with Crippen molar-refractivity contribution in [2.45, 2.75) is 38.6 Å². The molecule has 1 amide bonds. The Kier molecular flexibility index (Phi) is 5.48. The smallest absolute Gasteiger partial charge is 0.305 e. The molecule has 104 valence electrons. The number of rotatable bonds is 6. The largest absolute Gasteiger partial charge is 0.481 e. The summed E-state index contributed by atoms with van der Waals surface area (Å²) in [5.41, 5.74) is 0.726. The third kappa shape index (κ3) is 4.69. The molecule has 0 fully saturated rings. The minimum Gasteiger partial charge on any atom is -0.481 e. The summed E-state index contributed by atoms with van der Waals surface area (Å²) in [5, 5.41) is 11.3. The molecule has 0 saturated heterocycles. The predicted molar refractivity (Wildman–Crippen MR) is 69.3 cm³/mol. The van der Waals surface area contributed by atoms with E-state index in [0.29, 0.717) is 6.42 Å². The van der Waals surface area contributed by atoms with E-state index in [1.807, 2.05) is 6.92 Å². The van der Waals surface area contributed by atoms with Crippen molar-refractivity contribution >= 4 is 11.9 Å². The number of hydrogen-bond donors (Lipinski definition) is 2. The fourth-order valence-electron chi connectivity index (χ4n) is 1.92. The molecule has 4 nitrogen and oxygen atoms in total. The quantitative estimate of drug-likeness (QED) is 0.831. The minimum atomic E-state index is -0.956. The van der Waals surface area contributed by atoms with E-state index in [1.54, 1.807) is 19.1 Å². The molecule has 0 aliphatic rings. The minimum absolute atomic E-state index is 0.119. The zero-order valence-corrected chi connectivity index (χ0v) is 11.0. The van der Waals surface area contributed by atoms with Crippen molar-refractivity contribution < 1.29 is 19.1 Å². The lowest BCUT2D eigenvalue weighted by molar-refractivity contribution is -0.137. The normalized spacial score (nSPS) is 13.6. The first-order valence-electron chi connectivity index (χ1n) is 6.21. The molecule has 0 aliphatic heterocycles. The Morgan fingerprint density at radius 2 is 1.89 bits per heavy atom. The Morgan fingerprint density at radius 1 is 1.32 bits per heavy atom. The van der Waals surface area contributed by atoms with Gasteiger partial charge in [0.2, 0.25) is 5.91 Å². The molecule has 5 heteroatoms. The van der Waals surface area contributed by atoms with Gasteiger partial charge in [-0.25, -0.2) is 4.39 Å². The molecule has 0 radical (unpaired) electrons. The van der Waals surface area contributed by atoms with Gasteiger partial charge < -0.3 is 10.4 Å². The SMILES string of the molecule is CCC(C(=O)NC(C)CC(=O)O)c1ccc(F)cc1. The molecule has 0 aromatic heterocycles. The summed E-state index contributed by atoms with van der Waals surface area (Å²) in [7, 11) is 0. The molecule has 0 bridgehead atoms. The van der Waals surface area contributed by atoms with E-state index in [0.717, 1.165) is 5.56 Å². The van der Waals surface area contributed by atoms with Crippen LogP contribution in [0.3, 0.4) is 0 Å². The van der Waals surface area contributed by atoms with Crippen molar-refractivity contribution in [1.82, 2.24) is 5.32 Å². The van der Waals surface area contributed by atoms with E-state index >= 15 is 0 Å². The second-order valence-electron chi connectivity index (χ2n) is 4.52. The van der Waals surface area contributed by atoms with Crippen LogP contribution in [0.15, 0.2) is 24.3 Å². The number of amides is 1. The van der Waals surface area contributed by atoms with Crippen LogP contribution < -0.4 is 5.32 Å². The molecule has 0 aliphatic carbocycles. The standard InChI is InChI=1S/C14H18FNO3/c1-3-12(10-4-6-11(15)7-5-10)14(19)16-9(2)8-13(17)18/h4-7,9,12H,3,8H2,1-2H3,(H,16,19)(H,17,18). The molecule has 1 rings (SSSR count). The topological polar surface area (TPSA) is 66.4 Å². The van der Waals surface area contributed by atoms with E-state index in [9.17, 15) is 14.0 Å². The van der Waals surface area contributed by atoms with Crippen LogP contribution in [0, 0.1) is 5.82 Å². The Morgan fingerprint density at radius 3 is 2.37 bits per heavy atom. The monoisotopic (exact) mass is 267 g/mol. The van der Waals surface area contributed by atoms with E-state index < -0.39 is 17.9 Å². The van der Waals surface area contributed by atoms with Crippen molar-refractivity contribution in [3.05, 3.63) is 35.6 Å². The molecular formula is C14H18FNO3. The maximum Gasteiger partial charge on any atom is 0.305 e. The van der Waals surface area contributed by atoms with Crippen LogP contribution in [0.1, 0.15) is 38.2 Å². The lowest BCUT2D eigenvalue weighted by Crippen LogP contribution is -2.37. The van der Waals surface area contributed by atoms with Crippen LogP contribution in [0.4, 0.5) is 4.39 Å². The maximum absolute atomic E-state index is 12.8. The van der Waals surface area contributed by atoms with Gasteiger partial charge in [-0.15, -0.1) is 0 Å². The predicted octanol–water partition coefficient (Wildman–Crippen LogP) is 2.30. The number of nitrogens with one attached hydrogen (secondary N) is 1. The zero-order chi connectivity index (χ0) is 14.4. The Hall–Kier alpha value is -1.91. The first-order valence-corrected chi connectivity index (χ1v) is 6.21. The molecular weight excluding hydrogens is 249 g/mol. The fourth-order valence-corrected chi connectivity index (χ4v) is 1.92. The van der Waals surface area contributed by atoms with E-state index in [2.05, 4.69) is 5.32 Å². The summed E-state index contributed by atoms with van der Waals surface area (Å²) in [6.07, 6.45) is 0.447. The number of aliphatic carboxylic acids is 1. The van der Waals surface area contributed by atoms with E-state index in [1.165, 1.54) is 12.1 Å². The number of carbonyl (C=O) groups is 2. The van der Waals surface area contributed by atoms with Crippen LogP contribution in [-0.4, -0.2) is 23.0 Å². The van der Waals surface area contributed by atoms with Gasteiger partial charge in [0.1, 0.15) is 5.82 Å². The Labute approximate surface area is 111 Å². The van der Waals surface area contributed by atoms with Gasteiger partial charge in [-0.2, -0.15) is 0 Å². The van der Waals surface area contributed by atoms with Crippen molar-refractivity contribution in [1.29, 1.82) is 0 Å². The number of benzene rings is 1. The molecule has 0 spiro atoms. The molecule has 1 aromatic rings. The average molecular weight is 267 g/mol. The van der Waals surface area contributed by atoms with E-state index in [-0.39, 0.29) is 18.1 Å². The molecule has 0 heterocycles. The van der Waals surface area contributed by atoms with Gasteiger partial charge >= 0.3 is 5.97 Å². The third-order valence-corrected chi connectivity index (χ3v) is 2.87.